The number of allylic oxidation sites excluding steroid dienone is 8. The first-order chi connectivity index (χ1) is 32.6. The molecule has 0 radical (unpaired) electrons. The molecule has 0 fully saturated rings. The second kappa shape index (κ2) is 50.8. The first kappa shape index (κ1) is 65.5. The Kier molecular flexibility index (Phi) is 49.7. The number of unbranched alkanes of at least 4 members (excludes halogenated alkanes) is 31. The van der Waals surface area contributed by atoms with Gasteiger partial charge in [-0.1, -0.05) is 249 Å². The van der Waals surface area contributed by atoms with Crippen LogP contribution in [0.25, 0.3) is 0 Å². The number of rotatable bonds is 53. The summed E-state index contributed by atoms with van der Waals surface area (Å²) in [5.41, 5.74) is 0. The summed E-state index contributed by atoms with van der Waals surface area (Å²) in [7, 11) is 1.67. The molecule has 394 valence electrons. The molecule has 2 unspecified atom stereocenters. The van der Waals surface area contributed by atoms with Gasteiger partial charge in [0, 0.05) is 13.0 Å². The third-order valence-corrected chi connectivity index (χ3v) is 13.4. The van der Waals surface area contributed by atoms with E-state index in [1.54, 1.807) is 0 Å². The Morgan fingerprint density at radius 2 is 0.866 bits per heavy atom. The predicted molar refractivity (Wildman–Crippen MR) is 289 cm³/mol. The fourth-order valence-electron chi connectivity index (χ4n) is 8.08. The SMILES string of the molecule is CC/C=C\C/C=C\C/C=C\C/C=C\CCCCCCCCCCCCC(=O)OC(COCCCCCCCCCCCCCCCCCCCCCCCC)COP(=O)(O)OCC[N+](C)(C)C. The fourth-order valence-corrected chi connectivity index (χ4v) is 8.82. The van der Waals surface area contributed by atoms with Crippen LogP contribution in [0.1, 0.15) is 258 Å². The van der Waals surface area contributed by atoms with Gasteiger partial charge in [0.05, 0.1) is 34.4 Å². The van der Waals surface area contributed by atoms with E-state index in [1.165, 1.54) is 180 Å². The van der Waals surface area contributed by atoms with Crippen molar-refractivity contribution >= 4 is 13.8 Å². The smallest absolute Gasteiger partial charge is 0.457 e. The summed E-state index contributed by atoms with van der Waals surface area (Å²) in [5, 5.41) is 0. The molecule has 0 spiro atoms. The second-order valence-electron chi connectivity index (χ2n) is 20.3. The van der Waals surface area contributed by atoms with Crippen LogP contribution in [-0.4, -0.2) is 75.6 Å². The third kappa shape index (κ3) is 55.3. The number of likely N-dealkylation sites (N-methyl/N-ethyl adjacent to an activating group) is 1. The van der Waals surface area contributed by atoms with Gasteiger partial charge in [-0.3, -0.25) is 13.8 Å². The predicted octanol–water partition coefficient (Wildman–Crippen LogP) is 17.8. The van der Waals surface area contributed by atoms with Gasteiger partial charge in [0.25, 0.3) is 0 Å². The van der Waals surface area contributed by atoms with Crippen molar-refractivity contribution in [3.05, 3.63) is 48.6 Å². The van der Waals surface area contributed by atoms with Crippen molar-refractivity contribution < 1.29 is 37.3 Å². The van der Waals surface area contributed by atoms with Crippen molar-refractivity contribution in [1.82, 2.24) is 0 Å². The highest BCUT2D eigenvalue weighted by Gasteiger charge is 2.26. The summed E-state index contributed by atoms with van der Waals surface area (Å²) < 4.78 is 35.3. The fraction of sp³-hybridized carbons (Fsp3) is 0.845. The second-order valence-corrected chi connectivity index (χ2v) is 21.8. The summed E-state index contributed by atoms with van der Waals surface area (Å²) in [6.07, 6.45) is 64.6. The summed E-state index contributed by atoms with van der Waals surface area (Å²) in [5.74, 6) is -0.314. The van der Waals surface area contributed by atoms with E-state index in [-0.39, 0.29) is 25.8 Å². The van der Waals surface area contributed by atoms with Crippen LogP contribution in [0.2, 0.25) is 0 Å². The Bertz CT molecular complexity index is 1210. The van der Waals surface area contributed by atoms with Gasteiger partial charge in [0.2, 0.25) is 0 Å². The maximum Gasteiger partial charge on any atom is 0.472 e. The van der Waals surface area contributed by atoms with Gasteiger partial charge >= 0.3 is 13.8 Å². The van der Waals surface area contributed by atoms with Gasteiger partial charge in [-0.2, -0.15) is 0 Å². The van der Waals surface area contributed by atoms with Crippen LogP contribution in [0.15, 0.2) is 48.6 Å². The number of phosphoric acid groups is 1. The monoisotopic (exact) mass is 965 g/mol. The van der Waals surface area contributed by atoms with Gasteiger partial charge in [-0.15, -0.1) is 0 Å². The van der Waals surface area contributed by atoms with Crippen molar-refractivity contribution in [3.8, 4) is 0 Å². The van der Waals surface area contributed by atoms with E-state index < -0.39 is 13.9 Å². The number of carbonyl (C=O) groups excluding carboxylic acids is 1. The minimum Gasteiger partial charge on any atom is -0.457 e. The molecular weight excluding hydrogens is 854 g/mol. The van der Waals surface area contributed by atoms with Crippen LogP contribution in [-0.2, 0) is 27.9 Å². The number of quaternary nitrogens is 1. The molecule has 9 heteroatoms. The number of ether oxygens (including phenoxy) is 2. The van der Waals surface area contributed by atoms with E-state index in [1.807, 2.05) is 21.1 Å². The molecule has 0 rings (SSSR count). The van der Waals surface area contributed by atoms with E-state index in [4.69, 9.17) is 18.5 Å². The highest BCUT2D eigenvalue weighted by Crippen LogP contribution is 2.43. The maximum absolute atomic E-state index is 12.8. The molecule has 0 aliphatic carbocycles. The minimum absolute atomic E-state index is 0.0883. The average Bonchev–Trinajstić information content (AvgIpc) is 3.29. The maximum atomic E-state index is 12.8. The first-order valence-corrected chi connectivity index (χ1v) is 29.9. The van der Waals surface area contributed by atoms with Crippen molar-refractivity contribution in [2.75, 3.05) is 54.1 Å². The lowest BCUT2D eigenvalue weighted by Gasteiger charge is -2.24. The van der Waals surface area contributed by atoms with Crippen LogP contribution < -0.4 is 0 Å². The van der Waals surface area contributed by atoms with Crippen molar-refractivity contribution in [2.45, 2.75) is 264 Å². The summed E-state index contributed by atoms with van der Waals surface area (Å²) >= 11 is 0. The van der Waals surface area contributed by atoms with E-state index in [0.29, 0.717) is 24.1 Å². The van der Waals surface area contributed by atoms with E-state index in [2.05, 4.69) is 62.5 Å². The van der Waals surface area contributed by atoms with Gasteiger partial charge < -0.3 is 18.9 Å². The molecular formula is C58H111NO7P+. The Balaban J connectivity index is 4.07. The Morgan fingerprint density at radius 3 is 1.30 bits per heavy atom. The number of esters is 1. The van der Waals surface area contributed by atoms with Gasteiger partial charge in [-0.25, -0.2) is 4.57 Å². The summed E-state index contributed by atoms with van der Waals surface area (Å²) in [6, 6.07) is 0. The van der Waals surface area contributed by atoms with Gasteiger partial charge in [0.15, 0.2) is 0 Å². The number of nitrogens with zero attached hydrogens (tertiary/aromatic N) is 1. The molecule has 0 aromatic heterocycles. The first-order valence-electron chi connectivity index (χ1n) is 28.4. The lowest BCUT2D eigenvalue weighted by molar-refractivity contribution is -0.870. The molecule has 0 saturated carbocycles. The van der Waals surface area contributed by atoms with Crippen LogP contribution in [0.3, 0.4) is 0 Å². The quantitative estimate of drug-likeness (QED) is 0.0213. The lowest BCUT2D eigenvalue weighted by Crippen LogP contribution is -2.37. The van der Waals surface area contributed by atoms with Gasteiger partial charge in [-0.05, 0) is 51.4 Å². The molecule has 2 atom stereocenters. The molecule has 0 aliphatic heterocycles. The molecule has 0 aromatic carbocycles. The largest absolute Gasteiger partial charge is 0.472 e. The van der Waals surface area contributed by atoms with E-state index in [0.717, 1.165) is 57.8 Å². The van der Waals surface area contributed by atoms with Crippen LogP contribution in [0.5, 0.6) is 0 Å². The number of hydrogen-bond donors (Lipinski definition) is 1. The van der Waals surface area contributed by atoms with E-state index in [9.17, 15) is 14.3 Å². The molecule has 0 aromatic rings. The molecule has 0 bridgehead atoms. The lowest BCUT2D eigenvalue weighted by atomic mass is 10.0. The van der Waals surface area contributed by atoms with Crippen molar-refractivity contribution in [1.29, 1.82) is 0 Å². The van der Waals surface area contributed by atoms with Crippen molar-refractivity contribution in [3.63, 3.8) is 0 Å². The summed E-state index contributed by atoms with van der Waals surface area (Å²) in [6.45, 7) is 5.56. The van der Waals surface area contributed by atoms with Gasteiger partial charge in [0.1, 0.15) is 19.3 Å². The molecule has 0 saturated heterocycles. The zero-order valence-corrected chi connectivity index (χ0v) is 45.8. The molecule has 8 nitrogen and oxygen atoms in total. The molecule has 0 amide bonds. The minimum atomic E-state index is -4.28. The van der Waals surface area contributed by atoms with Crippen molar-refractivity contribution in [2.24, 2.45) is 0 Å². The third-order valence-electron chi connectivity index (χ3n) is 12.4. The van der Waals surface area contributed by atoms with Crippen LogP contribution in [0, 0.1) is 0 Å². The zero-order chi connectivity index (χ0) is 49.0. The Labute approximate surface area is 416 Å². The molecule has 0 heterocycles. The topological polar surface area (TPSA) is 91.3 Å². The Morgan fingerprint density at radius 1 is 0.478 bits per heavy atom. The average molecular weight is 965 g/mol. The number of carbonyl (C=O) groups is 1. The number of hydrogen-bond acceptors (Lipinski definition) is 6. The molecule has 0 aliphatic rings. The zero-order valence-electron chi connectivity index (χ0n) is 44.9. The van der Waals surface area contributed by atoms with Crippen LogP contribution >= 0.6 is 7.82 Å². The van der Waals surface area contributed by atoms with E-state index >= 15 is 0 Å². The molecule has 67 heavy (non-hydrogen) atoms. The van der Waals surface area contributed by atoms with Crippen LogP contribution in [0.4, 0.5) is 0 Å². The number of phosphoric ester groups is 1. The standard InChI is InChI=1S/C58H110NO7P/c1-6-8-10-12-14-16-18-20-22-24-26-28-30-31-33-35-37-39-41-43-45-47-49-51-58(60)66-57(56-65-67(61,62)64-54-52-59(3,4)5)55-63-53-50-48-46-44-42-40-38-36-34-32-29-27-25-23-21-19-17-15-13-11-9-7-2/h8,10,14,16,20,22,26,28,57H,6-7,9,11-13,15,17-19,21,23-25,27,29-56H2,1-5H3/p+1/b10-8-,16-14-,22-20-,28-26-. The highest BCUT2D eigenvalue weighted by molar-refractivity contribution is 7.47. The normalized spacial score (nSPS) is 13.8. The summed E-state index contributed by atoms with van der Waals surface area (Å²) in [4.78, 5) is 23.1. The highest BCUT2D eigenvalue weighted by atomic mass is 31.2. The molecule has 1 N–H and O–H groups in total. The Hall–Kier alpha value is -1.54.